The summed E-state index contributed by atoms with van der Waals surface area (Å²) in [6.45, 7) is 6.35. The van der Waals surface area contributed by atoms with Crippen molar-refractivity contribution in [1.82, 2.24) is 0 Å². The summed E-state index contributed by atoms with van der Waals surface area (Å²) in [6.07, 6.45) is 0.604. The van der Waals surface area contributed by atoms with E-state index >= 15 is 0 Å². The number of halogens is 2. The number of nitrogens with one attached hydrogen (secondary N) is 1. The van der Waals surface area contributed by atoms with Gasteiger partial charge < -0.3 is 11.1 Å². The van der Waals surface area contributed by atoms with Crippen LogP contribution in [0.1, 0.15) is 27.2 Å². The number of rotatable bonds is 6. The lowest BCUT2D eigenvalue weighted by Crippen LogP contribution is -2.36. The van der Waals surface area contributed by atoms with E-state index in [9.17, 15) is 17.2 Å². The van der Waals surface area contributed by atoms with Crippen molar-refractivity contribution in [3.05, 3.63) is 24.3 Å². The Kier molecular flexibility index (Phi) is 5.69. The van der Waals surface area contributed by atoms with Crippen LogP contribution in [0.2, 0.25) is 0 Å². The SMILES string of the molecule is CC(C)(C)C(CCN)Nc1ccccc1S(=O)(=O)C(F)F. The minimum absolute atomic E-state index is 0.128. The van der Waals surface area contributed by atoms with Gasteiger partial charge in [0.2, 0.25) is 9.84 Å². The number of benzene rings is 1. The molecule has 0 bridgehead atoms. The Bertz CT molecular complexity index is 569. The largest absolute Gasteiger partial charge is 0.381 e. The smallest absolute Gasteiger partial charge is 0.341 e. The molecule has 0 aromatic heterocycles. The van der Waals surface area contributed by atoms with E-state index in [0.717, 1.165) is 0 Å². The van der Waals surface area contributed by atoms with Crippen molar-refractivity contribution in [3.63, 3.8) is 0 Å². The highest BCUT2D eigenvalue weighted by Crippen LogP contribution is 2.30. The van der Waals surface area contributed by atoms with Crippen LogP contribution in [-0.4, -0.2) is 26.8 Å². The molecule has 3 N–H and O–H groups in total. The third-order valence-electron chi connectivity index (χ3n) is 3.26. The summed E-state index contributed by atoms with van der Waals surface area (Å²) in [6, 6.07) is 5.58. The average Bonchev–Trinajstić information content (AvgIpc) is 2.37. The van der Waals surface area contributed by atoms with Crippen LogP contribution >= 0.6 is 0 Å². The molecule has 1 aromatic rings. The van der Waals surface area contributed by atoms with Crippen molar-refractivity contribution in [2.45, 2.75) is 43.9 Å². The number of anilines is 1. The molecule has 4 nitrogen and oxygen atoms in total. The molecule has 1 atom stereocenters. The summed E-state index contributed by atoms with van der Waals surface area (Å²) >= 11 is 0. The molecule has 0 aliphatic carbocycles. The Labute approximate surface area is 124 Å². The van der Waals surface area contributed by atoms with Gasteiger partial charge in [0.1, 0.15) is 0 Å². The van der Waals surface area contributed by atoms with E-state index in [-0.39, 0.29) is 22.0 Å². The fourth-order valence-electron chi connectivity index (χ4n) is 2.01. The quantitative estimate of drug-likeness (QED) is 0.845. The van der Waals surface area contributed by atoms with E-state index in [1.165, 1.54) is 18.2 Å². The molecule has 7 heteroatoms. The van der Waals surface area contributed by atoms with Gasteiger partial charge in [-0.2, -0.15) is 8.78 Å². The van der Waals surface area contributed by atoms with Crippen LogP contribution < -0.4 is 11.1 Å². The van der Waals surface area contributed by atoms with Crippen LogP contribution in [0.5, 0.6) is 0 Å². The van der Waals surface area contributed by atoms with E-state index < -0.39 is 15.6 Å². The molecule has 0 radical (unpaired) electrons. The molecule has 0 aliphatic rings. The number of hydrogen-bond acceptors (Lipinski definition) is 4. The van der Waals surface area contributed by atoms with E-state index in [2.05, 4.69) is 5.32 Å². The number of nitrogens with two attached hydrogens (primary N) is 1. The van der Waals surface area contributed by atoms with Crippen molar-refractivity contribution in [1.29, 1.82) is 0 Å². The molecule has 0 aliphatic heterocycles. The van der Waals surface area contributed by atoms with Gasteiger partial charge in [-0.05, 0) is 30.5 Å². The molecule has 0 saturated heterocycles. The summed E-state index contributed by atoms with van der Waals surface area (Å²) in [5.41, 5.74) is 5.57. The zero-order valence-electron chi connectivity index (χ0n) is 12.4. The van der Waals surface area contributed by atoms with Crippen molar-refractivity contribution in [3.8, 4) is 0 Å². The maximum absolute atomic E-state index is 12.8. The topological polar surface area (TPSA) is 72.2 Å². The minimum atomic E-state index is -4.64. The molecule has 1 rings (SSSR count). The molecule has 0 saturated carbocycles. The maximum Gasteiger partial charge on any atom is 0.341 e. The average molecular weight is 320 g/mol. The predicted octanol–water partition coefficient (Wildman–Crippen LogP) is 2.86. The van der Waals surface area contributed by atoms with Gasteiger partial charge in [0.05, 0.1) is 10.6 Å². The molecule has 1 unspecified atom stereocenters. The summed E-state index contributed by atoms with van der Waals surface area (Å²) in [7, 11) is -4.64. The molecule has 1 aromatic carbocycles. The van der Waals surface area contributed by atoms with Gasteiger partial charge in [-0.3, -0.25) is 0 Å². The van der Waals surface area contributed by atoms with Crippen LogP contribution in [-0.2, 0) is 9.84 Å². The Hall–Kier alpha value is -1.21. The molecule has 21 heavy (non-hydrogen) atoms. The highest BCUT2D eigenvalue weighted by atomic mass is 32.2. The van der Waals surface area contributed by atoms with Crippen molar-refractivity contribution >= 4 is 15.5 Å². The molecular weight excluding hydrogens is 298 g/mol. The van der Waals surface area contributed by atoms with Gasteiger partial charge in [-0.25, -0.2) is 8.42 Å². The second-order valence-electron chi connectivity index (χ2n) is 5.94. The van der Waals surface area contributed by atoms with Crippen LogP contribution in [0.25, 0.3) is 0 Å². The fourth-order valence-corrected chi connectivity index (χ4v) is 2.90. The first kappa shape index (κ1) is 17.8. The number of sulfone groups is 1. The van der Waals surface area contributed by atoms with Crippen molar-refractivity contribution < 1.29 is 17.2 Å². The Morgan fingerprint density at radius 2 is 1.81 bits per heavy atom. The zero-order chi connectivity index (χ0) is 16.3. The molecule has 0 fully saturated rings. The van der Waals surface area contributed by atoms with Crippen molar-refractivity contribution in [2.24, 2.45) is 11.1 Å². The first-order valence-corrected chi connectivity index (χ1v) is 8.23. The summed E-state index contributed by atoms with van der Waals surface area (Å²) in [5.74, 6) is -3.44. The highest BCUT2D eigenvalue weighted by molar-refractivity contribution is 7.91. The summed E-state index contributed by atoms with van der Waals surface area (Å²) in [5, 5.41) is 3.06. The number of para-hydroxylation sites is 1. The van der Waals surface area contributed by atoms with Crippen molar-refractivity contribution in [2.75, 3.05) is 11.9 Å². The summed E-state index contributed by atoms with van der Waals surface area (Å²) < 4.78 is 49.0. The predicted molar refractivity (Wildman–Crippen MR) is 80.2 cm³/mol. The summed E-state index contributed by atoms with van der Waals surface area (Å²) in [4.78, 5) is -0.383. The molecule has 0 heterocycles. The van der Waals surface area contributed by atoms with E-state index in [0.29, 0.717) is 13.0 Å². The van der Waals surface area contributed by atoms with E-state index in [4.69, 9.17) is 5.73 Å². The van der Waals surface area contributed by atoms with Gasteiger partial charge in [0.15, 0.2) is 0 Å². The maximum atomic E-state index is 12.8. The third-order valence-corrected chi connectivity index (χ3v) is 4.70. The van der Waals surface area contributed by atoms with Gasteiger partial charge in [-0.1, -0.05) is 32.9 Å². The highest BCUT2D eigenvalue weighted by Gasteiger charge is 2.31. The van der Waals surface area contributed by atoms with Crippen LogP contribution in [0, 0.1) is 5.41 Å². The Morgan fingerprint density at radius 3 is 2.29 bits per heavy atom. The second-order valence-corrected chi connectivity index (χ2v) is 7.83. The normalized spacial score (nSPS) is 14.2. The lowest BCUT2D eigenvalue weighted by molar-refractivity contribution is 0.235. The molecule has 120 valence electrons. The second kappa shape index (κ2) is 6.70. The first-order valence-electron chi connectivity index (χ1n) is 6.68. The Morgan fingerprint density at radius 1 is 1.24 bits per heavy atom. The van der Waals surface area contributed by atoms with Gasteiger partial charge in [-0.15, -0.1) is 0 Å². The minimum Gasteiger partial charge on any atom is -0.381 e. The lowest BCUT2D eigenvalue weighted by atomic mass is 9.84. The number of hydrogen-bond donors (Lipinski definition) is 2. The van der Waals surface area contributed by atoms with Crippen LogP contribution in [0.3, 0.4) is 0 Å². The Balaban J connectivity index is 3.21. The fraction of sp³-hybridized carbons (Fsp3) is 0.571. The van der Waals surface area contributed by atoms with Crippen LogP contribution in [0.4, 0.5) is 14.5 Å². The first-order chi connectivity index (χ1) is 9.60. The lowest BCUT2D eigenvalue weighted by Gasteiger charge is -2.32. The number of alkyl halides is 2. The zero-order valence-corrected chi connectivity index (χ0v) is 13.3. The van der Waals surface area contributed by atoms with Gasteiger partial charge in [0.25, 0.3) is 0 Å². The van der Waals surface area contributed by atoms with Gasteiger partial charge >= 0.3 is 5.76 Å². The molecule has 0 spiro atoms. The third kappa shape index (κ3) is 4.38. The molecular formula is C14H22F2N2O2S. The monoisotopic (exact) mass is 320 g/mol. The van der Waals surface area contributed by atoms with E-state index in [1.807, 2.05) is 20.8 Å². The van der Waals surface area contributed by atoms with E-state index in [1.54, 1.807) is 6.07 Å². The standard InChI is InChI=1S/C14H22F2N2O2S/c1-14(2,3)12(8-9-17)18-10-6-4-5-7-11(10)21(19,20)13(15)16/h4-7,12-13,18H,8-9,17H2,1-3H3. The van der Waals surface area contributed by atoms with Gasteiger partial charge in [0, 0.05) is 6.04 Å². The molecule has 0 amide bonds. The van der Waals surface area contributed by atoms with Crippen LogP contribution in [0.15, 0.2) is 29.2 Å².